The molecule has 0 bridgehead atoms. The molecule has 0 aliphatic rings. The van der Waals surface area contributed by atoms with Gasteiger partial charge in [0, 0.05) is 19.3 Å². The van der Waals surface area contributed by atoms with E-state index in [4.69, 9.17) is 0 Å². The van der Waals surface area contributed by atoms with Crippen molar-refractivity contribution >= 4 is 17.7 Å². The van der Waals surface area contributed by atoms with E-state index >= 15 is 0 Å². The van der Waals surface area contributed by atoms with Crippen molar-refractivity contribution in [2.45, 2.75) is 19.4 Å². The number of aromatic nitrogens is 1. The maximum atomic E-state index is 13.4. The Bertz CT molecular complexity index is 387. The molecule has 1 rings (SSSR count). The maximum absolute atomic E-state index is 13.4. The number of hydrogen-bond donors (Lipinski definition) is 0. The van der Waals surface area contributed by atoms with Crippen LogP contribution in [0.5, 0.6) is 0 Å². The van der Waals surface area contributed by atoms with Gasteiger partial charge in [-0.15, -0.1) is 0 Å². The fourth-order valence-electron chi connectivity index (χ4n) is 1.42. The summed E-state index contributed by atoms with van der Waals surface area (Å²) in [6, 6.07) is 3.12. The molecule has 0 spiro atoms. The van der Waals surface area contributed by atoms with Crippen molar-refractivity contribution in [2.24, 2.45) is 0 Å². The van der Waals surface area contributed by atoms with E-state index in [1.807, 2.05) is 13.2 Å². The molecule has 0 fully saturated rings. The minimum absolute atomic E-state index is 0.0333. The van der Waals surface area contributed by atoms with E-state index in [2.05, 4.69) is 4.98 Å². The van der Waals surface area contributed by atoms with Crippen LogP contribution in [0, 0.1) is 5.95 Å². The molecular weight excluding hydrogens is 239 g/mol. The van der Waals surface area contributed by atoms with E-state index < -0.39 is 5.95 Å². The molecule has 0 N–H and O–H groups in total. The highest BCUT2D eigenvalue weighted by atomic mass is 32.2. The van der Waals surface area contributed by atoms with Crippen molar-refractivity contribution in [3.05, 3.63) is 29.8 Å². The van der Waals surface area contributed by atoms with Gasteiger partial charge in [-0.1, -0.05) is 0 Å². The van der Waals surface area contributed by atoms with Crippen LogP contribution >= 0.6 is 11.8 Å². The van der Waals surface area contributed by atoms with Gasteiger partial charge in [0.1, 0.15) is 0 Å². The molecule has 1 heterocycles. The number of hydrogen-bond acceptors (Lipinski definition) is 3. The van der Waals surface area contributed by atoms with Crippen molar-refractivity contribution in [3.63, 3.8) is 0 Å². The average Bonchev–Trinajstić information content (AvgIpc) is 2.34. The van der Waals surface area contributed by atoms with Gasteiger partial charge in [0.05, 0.1) is 5.56 Å². The van der Waals surface area contributed by atoms with Gasteiger partial charge < -0.3 is 4.90 Å². The van der Waals surface area contributed by atoms with Gasteiger partial charge in [-0.3, -0.25) is 4.79 Å². The van der Waals surface area contributed by atoms with Gasteiger partial charge in [-0.05, 0) is 37.5 Å². The smallest absolute Gasteiger partial charge is 0.258 e. The first-order chi connectivity index (χ1) is 8.07. The van der Waals surface area contributed by atoms with E-state index in [1.54, 1.807) is 29.8 Å². The van der Waals surface area contributed by atoms with E-state index in [0.717, 1.165) is 12.2 Å². The molecule has 0 aliphatic heterocycles. The van der Waals surface area contributed by atoms with Crippen LogP contribution in [0.1, 0.15) is 23.7 Å². The van der Waals surface area contributed by atoms with Crippen LogP contribution in [-0.2, 0) is 0 Å². The first-order valence-electron chi connectivity index (χ1n) is 5.44. The Kier molecular flexibility index (Phi) is 5.41. The minimum Gasteiger partial charge on any atom is -0.339 e. The number of thioether (sulfide) groups is 1. The topological polar surface area (TPSA) is 33.2 Å². The number of nitrogens with zero attached hydrogens (tertiary/aromatic N) is 2. The van der Waals surface area contributed by atoms with Crippen molar-refractivity contribution in [3.8, 4) is 0 Å². The highest BCUT2D eigenvalue weighted by Crippen LogP contribution is 2.12. The van der Waals surface area contributed by atoms with Crippen LogP contribution in [0.2, 0.25) is 0 Å². The molecule has 1 atom stereocenters. The third-order valence-corrected chi connectivity index (χ3v) is 3.35. The van der Waals surface area contributed by atoms with Crippen LogP contribution in [0.3, 0.4) is 0 Å². The van der Waals surface area contributed by atoms with Gasteiger partial charge in [0.25, 0.3) is 5.91 Å². The van der Waals surface area contributed by atoms with Crippen LogP contribution in [-0.4, -0.2) is 40.9 Å². The van der Waals surface area contributed by atoms with Crippen molar-refractivity contribution in [1.29, 1.82) is 0 Å². The summed E-state index contributed by atoms with van der Waals surface area (Å²) in [5.74, 6) is -0.0421. The molecule has 94 valence electrons. The summed E-state index contributed by atoms with van der Waals surface area (Å²) in [7, 11) is 1.69. The third kappa shape index (κ3) is 3.70. The van der Waals surface area contributed by atoms with E-state index in [9.17, 15) is 9.18 Å². The number of carbonyl (C=O) groups excluding carboxylic acids is 1. The van der Waals surface area contributed by atoms with E-state index in [0.29, 0.717) is 0 Å². The molecule has 0 aliphatic carbocycles. The molecule has 1 aromatic heterocycles. The van der Waals surface area contributed by atoms with Gasteiger partial charge in [-0.25, -0.2) is 4.98 Å². The number of rotatable bonds is 5. The molecule has 1 aromatic rings. The van der Waals surface area contributed by atoms with Gasteiger partial charge in [-0.2, -0.15) is 16.2 Å². The second kappa shape index (κ2) is 6.59. The molecular formula is C12H17FN2OS. The normalized spacial score (nSPS) is 12.2. The Labute approximate surface area is 105 Å². The fraction of sp³-hybridized carbons (Fsp3) is 0.500. The predicted octanol–water partition coefficient (Wildman–Crippen LogP) is 2.43. The standard InChI is InChI=1S/C12H17FN2OS/c1-9(6-8-17-3)15(2)12(16)10-5-4-7-14-11(10)13/h4-5,7,9H,6,8H2,1-3H3. The number of carbonyl (C=O) groups is 1. The average molecular weight is 256 g/mol. The Morgan fingerprint density at radius 2 is 2.35 bits per heavy atom. The monoisotopic (exact) mass is 256 g/mol. The zero-order valence-electron chi connectivity index (χ0n) is 10.3. The fourth-order valence-corrected chi connectivity index (χ4v) is 1.99. The third-order valence-electron chi connectivity index (χ3n) is 2.71. The summed E-state index contributed by atoms with van der Waals surface area (Å²) in [6.45, 7) is 1.96. The molecule has 3 nitrogen and oxygen atoms in total. The molecule has 0 radical (unpaired) electrons. The van der Waals surface area contributed by atoms with Crippen molar-refractivity contribution in [1.82, 2.24) is 9.88 Å². The Morgan fingerprint density at radius 3 is 2.94 bits per heavy atom. The highest BCUT2D eigenvalue weighted by molar-refractivity contribution is 7.98. The zero-order chi connectivity index (χ0) is 12.8. The van der Waals surface area contributed by atoms with Crippen LogP contribution in [0.15, 0.2) is 18.3 Å². The lowest BCUT2D eigenvalue weighted by Crippen LogP contribution is -2.36. The minimum atomic E-state index is -0.707. The summed E-state index contributed by atoms with van der Waals surface area (Å²) >= 11 is 1.73. The molecule has 0 saturated carbocycles. The lowest BCUT2D eigenvalue weighted by Gasteiger charge is -2.24. The molecule has 17 heavy (non-hydrogen) atoms. The van der Waals surface area contributed by atoms with Gasteiger partial charge in [0.2, 0.25) is 5.95 Å². The lowest BCUT2D eigenvalue weighted by atomic mass is 10.2. The predicted molar refractivity (Wildman–Crippen MR) is 68.7 cm³/mol. The van der Waals surface area contributed by atoms with E-state index in [-0.39, 0.29) is 17.5 Å². The molecule has 1 amide bonds. The SMILES string of the molecule is CSCCC(C)N(C)C(=O)c1cccnc1F. The second-order valence-corrected chi connectivity index (χ2v) is 4.87. The molecule has 1 unspecified atom stereocenters. The number of pyridine rings is 1. The highest BCUT2D eigenvalue weighted by Gasteiger charge is 2.20. The zero-order valence-corrected chi connectivity index (χ0v) is 11.1. The molecule has 0 saturated heterocycles. The van der Waals surface area contributed by atoms with Gasteiger partial charge in [0.15, 0.2) is 0 Å². The Morgan fingerprint density at radius 1 is 1.65 bits per heavy atom. The summed E-state index contributed by atoms with van der Waals surface area (Å²) in [4.78, 5) is 17.1. The van der Waals surface area contributed by atoms with Crippen LogP contribution < -0.4 is 0 Å². The van der Waals surface area contributed by atoms with Gasteiger partial charge >= 0.3 is 0 Å². The summed E-state index contributed by atoms with van der Waals surface area (Å²) in [6.07, 6.45) is 4.25. The Hall–Kier alpha value is -1.10. The largest absolute Gasteiger partial charge is 0.339 e. The summed E-state index contributed by atoms with van der Waals surface area (Å²) < 4.78 is 13.4. The van der Waals surface area contributed by atoms with E-state index in [1.165, 1.54) is 12.3 Å². The first kappa shape index (κ1) is 14.0. The number of amides is 1. The summed E-state index contributed by atoms with van der Waals surface area (Å²) in [5.41, 5.74) is 0.0333. The molecule has 5 heteroatoms. The van der Waals surface area contributed by atoms with Crippen molar-refractivity contribution in [2.75, 3.05) is 19.1 Å². The first-order valence-corrected chi connectivity index (χ1v) is 6.84. The Balaban J connectivity index is 2.73. The molecule has 0 aromatic carbocycles. The summed E-state index contributed by atoms with van der Waals surface area (Å²) in [5, 5.41) is 0. The second-order valence-electron chi connectivity index (χ2n) is 3.89. The van der Waals surface area contributed by atoms with Crippen molar-refractivity contribution < 1.29 is 9.18 Å². The van der Waals surface area contributed by atoms with Crippen LogP contribution in [0.25, 0.3) is 0 Å². The lowest BCUT2D eigenvalue weighted by molar-refractivity contribution is 0.0735. The van der Waals surface area contributed by atoms with Crippen LogP contribution in [0.4, 0.5) is 4.39 Å². The maximum Gasteiger partial charge on any atom is 0.258 e. The number of halogens is 1. The quantitative estimate of drug-likeness (QED) is 0.759.